The molecule has 2 aromatic rings. The Labute approximate surface area is 140 Å². The molecule has 9 heteroatoms. The fourth-order valence-corrected chi connectivity index (χ4v) is 2.38. The Morgan fingerprint density at radius 2 is 1.88 bits per heavy atom. The molecule has 0 spiro atoms. The van der Waals surface area contributed by atoms with E-state index in [1.807, 2.05) is 0 Å². The lowest BCUT2D eigenvalue weighted by Crippen LogP contribution is -2.17. The summed E-state index contributed by atoms with van der Waals surface area (Å²) >= 11 is 5.80. The summed E-state index contributed by atoms with van der Waals surface area (Å²) in [5, 5.41) is 23.6. The van der Waals surface area contributed by atoms with Gasteiger partial charge in [0.05, 0.1) is 16.6 Å². The van der Waals surface area contributed by atoms with Crippen LogP contribution >= 0.6 is 11.6 Å². The lowest BCUT2D eigenvalue weighted by atomic mass is 10.1. The predicted molar refractivity (Wildman–Crippen MR) is 85.2 cm³/mol. The maximum absolute atomic E-state index is 12.3. The van der Waals surface area contributed by atoms with E-state index < -0.39 is 10.8 Å². The molecule has 0 unspecified atom stereocenters. The molecule has 2 N–H and O–H groups in total. The average molecular weight is 351 g/mol. The Morgan fingerprint density at radius 3 is 2.54 bits per heavy atom. The van der Waals surface area contributed by atoms with Crippen molar-refractivity contribution in [1.82, 2.24) is 0 Å². The minimum atomic E-state index is -0.741. The zero-order valence-electron chi connectivity index (χ0n) is 12.1. The van der Waals surface area contributed by atoms with Gasteiger partial charge in [-0.2, -0.15) is 0 Å². The van der Waals surface area contributed by atoms with Crippen LogP contribution in [0.2, 0.25) is 5.02 Å². The normalized spacial score (nSPS) is 12.5. The SMILES string of the molecule is O=C(Nc1cc2c(cc1[N+](=O)[O-])OCCO2)c1cc(Cl)ccc1O. The van der Waals surface area contributed by atoms with Gasteiger partial charge in [0.1, 0.15) is 24.7 Å². The van der Waals surface area contributed by atoms with Gasteiger partial charge in [0.25, 0.3) is 11.6 Å². The van der Waals surface area contributed by atoms with Crippen molar-refractivity contribution in [2.24, 2.45) is 0 Å². The monoisotopic (exact) mass is 350 g/mol. The lowest BCUT2D eigenvalue weighted by molar-refractivity contribution is -0.384. The van der Waals surface area contributed by atoms with Crippen molar-refractivity contribution >= 4 is 28.9 Å². The third-order valence-electron chi connectivity index (χ3n) is 3.31. The summed E-state index contributed by atoms with van der Waals surface area (Å²) in [7, 11) is 0. The van der Waals surface area contributed by atoms with Crippen molar-refractivity contribution in [1.29, 1.82) is 0 Å². The molecule has 3 rings (SSSR count). The van der Waals surface area contributed by atoms with Gasteiger partial charge in [0.15, 0.2) is 11.5 Å². The molecule has 0 aromatic heterocycles. The van der Waals surface area contributed by atoms with Crippen LogP contribution in [0.5, 0.6) is 17.2 Å². The van der Waals surface area contributed by atoms with Crippen molar-refractivity contribution in [2.45, 2.75) is 0 Å². The molecule has 0 atom stereocenters. The Kier molecular flexibility index (Phi) is 4.13. The van der Waals surface area contributed by atoms with Gasteiger partial charge in [-0.25, -0.2) is 0 Å². The highest BCUT2D eigenvalue weighted by atomic mass is 35.5. The predicted octanol–water partition coefficient (Wildman–Crippen LogP) is 2.98. The van der Waals surface area contributed by atoms with Crippen LogP contribution in [-0.4, -0.2) is 29.2 Å². The molecular weight excluding hydrogens is 340 g/mol. The number of hydrogen-bond donors (Lipinski definition) is 2. The minimum Gasteiger partial charge on any atom is -0.507 e. The lowest BCUT2D eigenvalue weighted by Gasteiger charge is -2.19. The van der Waals surface area contributed by atoms with Gasteiger partial charge in [-0.15, -0.1) is 0 Å². The largest absolute Gasteiger partial charge is 0.507 e. The number of ether oxygens (including phenoxy) is 2. The van der Waals surface area contributed by atoms with Gasteiger partial charge in [0, 0.05) is 11.1 Å². The number of phenolic OH excluding ortho intramolecular Hbond substituents is 1. The molecule has 1 aliphatic rings. The van der Waals surface area contributed by atoms with Crippen LogP contribution in [0.1, 0.15) is 10.4 Å². The van der Waals surface area contributed by atoms with Crippen molar-refractivity contribution in [3.05, 3.63) is 51.0 Å². The quantitative estimate of drug-likeness (QED) is 0.650. The second-order valence-corrected chi connectivity index (χ2v) is 5.32. The molecule has 1 heterocycles. The summed E-state index contributed by atoms with van der Waals surface area (Å²) in [6.07, 6.45) is 0. The summed E-state index contributed by atoms with van der Waals surface area (Å²) in [6, 6.07) is 6.43. The number of benzene rings is 2. The van der Waals surface area contributed by atoms with Crippen LogP contribution in [0.15, 0.2) is 30.3 Å². The second kappa shape index (κ2) is 6.25. The highest BCUT2D eigenvalue weighted by molar-refractivity contribution is 6.31. The van der Waals surface area contributed by atoms with Crippen molar-refractivity contribution in [2.75, 3.05) is 18.5 Å². The Hall–Kier alpha value is -3.00. The highest BCUT2D eigenvalue weighted by Crippen LogP contribution is 2.39. The first kappa shape index (κ1) is 15.9. The van der Waals surface area contributed by atoms with Crippen LogP contribution in [0.3, 0.4) is 0 Å². The van der Waals surface area contributed by atoms with Gasteiger partial charge in [-0.1, -0.05) is 11.6 Å². The number of amides is 1. The number of nitro benzene ring substituents is 1. The van der Waals surface area contributed by atoms with Crippen LogP contribution in [-0.2, 0) is 0 Å². The van der Waals surface area contributed by atoms with Crippen LogP contribution in [0.25, 0.3) is 0 Å². The number of carbonyl (C=O) groups excluding carboxylic acids is 1. The molecule has 8 nitrogen and oxygen atoms in total. The molecular formula is C15H11ClN2O6. The number of halogens is 1. The van der Waals surface area contributed by atoms with E-state index in [-0.39, 0.29) is 45.8 Å². The van der Waals surface area contributed by atoms with Crippen LogP contribution in [0, 0.1) is 10.1 Å². The first-order valence-electron chi connectivity index (χ1n) is 6.83. The topological polar surface area (TPSA) is 111 Å². The maximum atomic E-state index is 12.3. The molecule has 24 heavy (non-hydrogen) atoms. The summed E-state index contributed by atoms with van der Waals surface area (Å²) in [6.45, 7) is 0.583. The zero-order chi connectivity index (χ0) is 17.3. The number of fused-ring (bicyclic) bond motifs is 1. The fourth-order valence-electron chi connectivity index (χ4n) is 2.21. The van der Waals surface area contributed by atoms with Crippen molar-refractivity contribution < 1.29 is 24.3 Å². The molecule has 0 radical (unpaired) electrons. The first-order chi connectivity index (χ1) is 11.5. The maximum Gasteiger partial charge on any atom is 0.296 e. The number of nitrogens with zero attached hydrogens (tertiary/aromatic N) is 1. The third kappa shape index (κ3) is 3.04. The summed E-state index contributed by atoms with van der Waals surface area (Å²) in [5.41, 5.74) is -0.533. The van der Waals surface area contributed by atoms with Crippen LogP contribution < -0.4 is 14.8 Å². The van der Waals surface area contributed by atoms with Gasteiger partial charge < -0.3 is 19.9 Å². The Bertz CT molecular complexity index is 839. The van der Waals surface area contributed by atoms with Crippen molar-refractivity contribution in [3.8, 4) is 17.2 Å². The van der Waals surface area contributed by atoms with E-state index in [1.165, 1.54) is 30.3 Å². The number of nitro groups is 1. The third-order valence-corrected chi connectivity index (χ3v) is 3.54. The minimum absolute atomic E-state index is 0.0753. The van der Waals surface area contributed by atoms with E-state index in [1.54, 1.807) is 0 Å². The molecule has 0 saturated carbocycles. The molecule has 124 valence electrons. The van der Waals surface area contributed by atoms with E-state index in [4.69, 9.17) is 21.1 Å². The molecule has 0 aliphatic carbocycles. The second-order valence-electron chi connectivity index (χ2n) is 4.89. The van der Waals surface area contributed by atoms with E-state index >= 15 is 0 Å². The summed E-state index contributed by atoms with van der Waals surface area (Å²) in [4.78, 5) is 22.9. The Balaban J connectivity index is 1.98. The fraction of sp³-hybridized carbons (Fsp3) is 0.133. The van der Waals surface area contributed by atoms with E-state index in [0.29, 0.717) is 6.61 Å². The van der Waals surface area contributed by atoms with Gasteiger partial charge in [-0.05, 0) is 18.2 Å². The zero-order valence-corrected chi connectivity index (χ0v) is 12.9. The number of aromatic hydroxyl groups is 1. The molecule has 1 amide bonds. The summed E-state index contributed by atoms with van der Waals surface area (Å²) in [5.74, 6) is -0.513. The molecule has 1 aliphatic heterocycles. The van der Waals surface area contributed by atoms with Gasteiger partial charge >= 0.3 is 0 Å². The number of nitrogens with one attached hydrogen (secondary N) is 1. The van der Waals surface area contributed by atoms with E-state index in [2.05, 4.69) is 5.32 Å². The summed E-state index contributed by atoms with van der Waals surface area (Å²) < 4.78 is 10.7. The number of phenols is 1. The standard InChI is InChI=1S/C15H11ClN2O6/c16-8-1-2-12(19)9(5-8)15(20)17-10-6-13-14(24-4-3-23-13)7-11(10)18(21)22/h1-2,5-7,19H,3-4H2,(H,17,20). The first-order valence-corrected chi connectivity index (χ1v) is 7.21. The number of hydrogen-bond acceptors (Lipinski definition) is 6. The highest BCUT2D eigenvalue weighted by Gasteiger charge is 2.24. The number of carbonyl (C=O) groups is 1. The van der Waals surface area contributed by atoms with Crippen LogP contribution in [0.4, 0.5) is 11.4 Å². The number of rotatable bonds is 3. The molecule has 0 bridgehead atoms. The molecule has 2 aromatic carbocycles. The average Bonchev–Trinajstić information content (AvgIpc) is 2.56. The van der Waals surface area contributed by atoms with Gasteiger partial charge in [0.2, 0.25) is 0 Å². The number of anilines is 1. The van der Waals surface area contributed by atoms with Crippen molar-refractivity contribution in [3.63, 3.8) is 0 Å². The van der Waals surface area contributed by atoms with E-state index in [0.717, 1.165) is 0 Å². The van der Waals surface area contributed by atoms with E-state index in [9.17, 15) is 20.0 Å². The van der Waals surface area contributed by atoms with Gasteiger partial charge in [-0.3, -0.25) is 14.9 Å². The molecule has 0 fully saturated rings. The molecule has 0 saturated heterocycles. The Morgan fingerprint density at radius 1 is 1.21 bits per heavy atom. The smallest absolute Gasteiger partial charge is 0.296 e.